The number of carbonyl (C=O) groups is 2. The average Bonchev–Trinajstić information content (AvgIpc) is 3.13. The van der Waals surface area contributed by atoms with Gasteiger partial charge in [-0.25, -0.2) is 16.8 Å². The minimum atomic E-state index is -4.18. The summed E-state index contributed by atoms with van der Waals surface area (Å²) in [5.74, 6) is -0.752. The molecule has 0 bridgehead atoms. The summed E-state index contributed by atoms with van der Waals surface area (Å²) < 4.78 is 63.3. The van der Waals surface area contributed by atoms with E-state index < -0.39 is 31.7 Å². The van der Waals surface area contributed by atoms with Gasteiger partial charge in [-0.1, -0.05) is 141 Å². The molecule has 13 heteroatoms. The quantitative estimate of drug-likeness (QED) is 0.0257. The fraction of sp³-hybridized carbons (Fsp3) is 0.864. The fourth-order valence-electron chi connectivity index (χ4n) is 6.28. The van der Waals surface area contributed by atoms with Gasteiger partial charge in [0.15, 0.2) is 0 Å². The molecule has 0 unspecified atom stereocenters. The second kappa shape index (κ2) is 43.6. The number of unbranched alkanes of at least 4 members (excludes halogenated alkanes) is 22. The summed E-state index contributed by atoms with van der Waals surface area (Å²) in [5.41, 5.74) is 0. The molecule has 0 heterocycles. The molecule has 0 aliphatic carbocycles. The molecule has 0 radical (unpaired) electrons. The molecular weight excluding hydrogens is 789 g/mol. The van der Waals surface area contributed by atoms with E-state index in [2.05, 4.69) is 38.2 Å². The van der Waals surface area contributed by atoms with Crippen LogP contribution in [0.15, 0.2) is 24.3 Å². The molecule has 0 aliphatic rings. The zero-order valence-corrected chi connectivity index (χ0v) is 40.9. The van der Waals surface area contributed by atoms with Crippen LogP contribution in [0.2, 0.25) is 0 Å². The molecule has 2 amide bonds. The summed E-state index contributed by atoms with van der Waals surface area (Å²) >= 11 is 0. The van der Waals surface area contributed by atoms with Gasteiger partial charge in [-0.2, -0.15) is 0 Å². The molecule has 0 rings (SSSR count). The Balaban J connectivity index is -0.00000101. The van der Waals surface area contributed by atoms with E-state index in [1.54, 1.807) is 14.1 Å². The van der Waals surface area contributed by atoms with E-state index in [1.807, 2.05) is 0 Å². The molecule has 0 aromatic heterocycles. The third-order valence-electron chi connectivity index (χ3n) is 9.93. The summed E-state index contributed by atoms with van der Waals surface area (Å²) in [6.45, 7) is 5.15. The van der Waals surface area contributed by atoms with Gasteiger partial charge in [0, 0.05) is 51.5 Å². The predicted octanol–water partition coefficient (Wildman–Crippen LogP) is 10.5. The normalized spacial score (nSPS) is 11.8. The van der Waals surface area contributed by atoms with Crippen LogP contribution in [0.1, 0.15) is 206 Å². The molecule has 332 valence electrons. The van der Waals surface area contributed by atoms with Crippen molar-refractivity contribution in [1.82, 2.24) is 9.80 Å². The van der Waals surface area contributed by atoms with Gasteiger partial charge in [0.25, 0.3) is 0 Å². The van der Waals surface area contributed by atoms with Crippen LogP contribution in [0, 0.1) is 0 Å². The van der Waals surface area contributed by atoms with Gasteiger partial charge in [-0.15, -0.1) is 0 Å². The smallest absolute Gasteiger partial charge is 0.748 e. The maximum Gasteiger partial charge on any atom is 2.00 e. The Hall–Kier alpha value is -0.500. The van der Waals surface area contributed by atoms with Crippen LogP contribution in [0.3, 0.4) is 0 Å². The van der Waals surface area contributed by atoms with Gasteiger partial charge in [0.2, 0.25) is 11.8 Å². The van der Waals surface area contributed by atoms with Crippen molar-refractivity contribution in [1.29, 1.82) is 0 Å². The molecule has 0 aromatic carbocycles. The van der Waals surface area contributed by atoms with Crippen LogP contribution in [-0.4, -0.2) is 124 Å². The first-order valence-electron chi connectivity index (χ1n) is 22.4. The van der Waals surface area contributed by atoms with Crippen molar-refractivity contribution >= 4 is 69.8 Å². The van der Waals surface area contributed by atoms with Crippen LogP contribution in [0.4, 0.5) is 0 Å². The van der Waals surface area contributed by atoms with Crippen molar-refractivity contribution in [2.45, 2.75) is 206 Å². The maximum absolute atomic E-state index is 11.9. The van der Waals surface area contributed by atoms with Crippen LogP contribution in [0.5, 0.6) is 0 Å². The minimum absolute atomic E-state index is 0. The van der Waals surface area contributed by atoms with E-state index in [1.165, 1.54) is 125 Å². The summed E-state index contributed by atoms with van der Waals surface area (Å²) in [6.07, 6.45) is 42.6. The number of nitrogens with zero attached hydrogens (tertiary/aromatic N) is 2. The molecule has 10 nitrogen and oxygen atoms in total. The number of hydrogen-bond acceptors (Lipinski definition) is 8. The van der Waals surface area contributed by atoms with Crippen molar-refractivity contribution in [2.75, 3.05) is 38.7 Å². The van der Waals surface area contributed by atoms with Gasteiger partial charge in [0.05, 0.1) is 20.2 Å². The average molecular weight is 873 g/mol. The first-order chi connectivity index (χ1) is 26.7. The summed E-state index contributed by atoms with van der Waals surface area (Å²) in [7, 11) is -5.04. The Labute approximate surface area is 381 Å². The van der Waals surface area contributed by atoms with Gasteiger partial charge in [-0.05, 0) is 77.0 Å². The molecule has 0 spiro atoms. The summed E-state index contributed by atoms with van der Waals surface area (Å²) in [6, 6.07) is 0. The van der Waals surface area contributed by atoms with Crippen molar-refractivity contribution in [2.24, 2.45) is 0 Å². The SMILES string of the molecule is CCCCCCCC/C=C/CCCCCCCC(=O)N(C)CCCS(=O)(=O)[O-].CCCCCCCC/C=C/CCCCCCCC(=O)N(C)CCCS(=O)(=O)[O-].[Ca+2]. The zero-order chi connectivity index (χ0) is 42.2. The molecule has 0 saturated heterocycles. The predicted molar refractivity (Wildman–Crippen MR) is 238 cm³/mol. The Morgan fingerprint density at radius 1 is 0.421 bits per heavy atom. The van der Waals surface area contributed by atoms with Crippen molar-refractivity contribution in [3.05, 3.63) is 24.3 Å². The molecule has 0 N–H and O–H groups in total. The summed E-state index contributed by atoms with van der Waals surface area (Å²) in [5, 5.41) is 0. The molecular formula is C44H84CaN2O8S2. The van der Waals surface area contributed by atoms with Crippen LogP contribution < -0.4 is 0 Å². The molecule has 0 atom stereocenters. The standard InChI is InChI=1S/2C22H43NO4S.Ca/c2*1-3-4-5-6-7-8-9-10-11-12-13-14-15-16-17-19-22(24)23(2)20-18-21-28(25,26)27;/h2*10-11H,3-9,12-21H2,1-2H3,(H,25,26,27);/q;;+2/p-2/b2*11-10+;. The number of rotatable bonds is 38. The molecule has 0 aliphatic heterocycles. The number of carbonyl (C=O) groups excluding carboxylic acids is 2. The van der Waals surface area contributed by atoms with E-state index >= 15 is 0 Å². The number of hydrogen-bond donors (Lipinski definition) is 0. The Morgan fingerprint density at radius 2 is 0.667 bits per heavy atom. The van der Waals surface area contributed by atoms with E-state index in [9.17, 15) is 35.5 Å². The van der Waals surface area contributed by atoms with E-state index in [-0.39, 0.29) is 62.4 Å². The van der Waals surface area contributed by atoms with Crippen molar-refractivity contribution < 1.29 is 35.5 Å². The van der Waals surface area contributed by atoms with Crippen LogP contribution in [0.25, 0.3) is 0 Å². The van der Waals surface area contributed by atoms with E-state index in [0.717, 1.165) is 51.4 Å². The van der Waals surface area contributed by atoms with Crippen molar-refractivity contribution in [3.8, 4) is 0 Å². The molecule has 0 saturated carbocycles. The first kappa shape index (κ1) is 60.8. The van der Waals surface area contributed by atoms with Gasteiger partial charge in [-0.3, -0.25) is 9.59 Å². The molecule has 0 aromatic rings. The van der Waals surface area contributed by atoms with Crippen LogP contribution in [-0.2, 0) is 29.8 Å². The second-order valence-corrected chi connectivity index (χ2v) is 18.6. The second-order valence-electron chi connectivity index (χ2n) is 15.5. The Bertz CT molecular complexity index is 1100. The van der Waals surface area contributed by atoms with Gasteiger partial charge >= 0.3 is 37.7 Å². The van der Waals surface area contributed by atoms with Gasteiger partial charge in [0.1, 0.15) is 0 Å². The minimum Gasteiger partial charge on any atom is -0.748 e. The first-order valence-corrected chi connectivity index (χ1v) is 25.5. The van der Waals surface area contributed by atoms with Gasteiger partial charge < -0.3 is 18.9 Å². The maximum atomic E-state index is 11.9. The zero-order valence-electron chi connectivity index (χ0n) is 37.0. The number of allylic oxidation sites excluding steroid dienone is 4. The molecule has 0 fully saturated rings. The summed E-state index contributed by atoms with van der Waals surface area (Å²) in [4.78, 5) is 26.9. The third-order valence-corrected chi connectivity index (χ3v) is 11.5. The monoisotopic (exact) mass is 873 g/mol. The molecule has 57 heavy (non-hydrogen) atoms. The Kier molecular flexibility index (Phi) is 46.5. The fourth-order valence-corrected chi connectivity index (χ4v) is 7.25. The van der Waals surface area contributed by atoms with E-state index in [0.29, 0.717) is 25.9 Å². The number of amides is 2. The topological polar surface area (TPSA) is 155 Å². The van der Waals surface area contributed by atoms with Crippen molar-refractivity contribution in [3.63, 3.8) is 0 Å². The van der Waals surface area contributed by atoms with E-state index in [4.69, 9.17) is 0 Å². The van der Waals surface area contributed by atoms with Crippen LogP contribution >= 0.6 is 0 Å². The third kappa shape index (κ3) is 51.6. The largest absolute Gasteiger partial charge is 2.00 e. The Morgan fingerprint density at radius 3 is 0.930 bits per heavy atom.